The van der Waals surface area contributed by atoms with Crippen molar-refractivity contribution in [3.05, 3.63) is 105 Å². The normalized spacial score (nSPS) is 11.6. The molecular weight excluding hydrogens is 467 g/mol. The Bertz CT molecular complexity index is 1090. The van der Waals surface area contributed by atoms with Gasteiger partial charge in [0.2, 0.25) is 11.8 Å². The van der Waals surface area contributed by atoms with Crippen LogP contribution >= 0.6 is 34.8 Å². The highest BCUT2D eigenvalue weighted by Crippen LogP contribution is 2.24. The molecule has 0 bridgehead atoms. The first kappa shape index (κ1) is 24.1. The lowest BCUT2D eigenvalue weighted by atomic mass is 10.0. The van der Waals surface area contributed by atoms with E-state index in [0.717, 1.165) is 11.1 Å². The molecule has 0 radical (unpaired) electrons. The van der Waals surface area contributed by atoms with Crippen LogP contribution < -0.4 is 5.32 Å². The highest BCUT2D eigenvalue weighted by atomic mass is 35.5. The Labute approximate surface area is 203 Å². The number of nitrogens with zero attached hydrogens (tertiary/aromatic N) is 1. The fourth-order valence-corrected chi connectivity index (χ4v) is 4.16. The Morgan fingerprint density at radius 2 is 1.56 bits per heavy atom. The second kappa shape index (κ2) is 11.4. The number of likely N-dealkylation sites (N-methyl/N-ethyl adjacent to an activating group) is 1. The first-order valence-electron chi connectivity index (χ1n) is 10.1. The van der Waals surface area contributed by atoms with Crippen molar-refractivity contribution >= 4 is 46.6 Å². The van der Waals surface area contributed by atoms with Crippen LogP contribution in [0.15, 0.2) is 72.8 Å². The van der Waals surface area contributed by atoms with E-state index in [9.17, 15) is 9.59 Å². The molecule has 166 valence electrons. The van der Waals surface area contributed by atoms with Gasteiger partial charge < -0.3 is 10.2 Å². The molecule has 0 spiro atoms. The van der Waals surface area contributed by atoms with E-state index < -0.39 is 6.04 Å². The molecular formula is C25H23Cl3N2O2. The standard InChI is InChI=1S/C25H23Cl3N2O2/c1-29-25(32)23(13-17-6-3-2-4-7-17)30(16-19-10-11-21(27)15-22(19)28)24(31)14-18-8-5-9-20(26)12-18/h2-12,15,23H,13-14,16H2,1H3,(H,29,32). The fourth-order valence-electron chi connectivity index (χ4n) is 3.48. The van der Waals surface area contributed by atoms with E-state index in [2.05, 4.69) is 5.32 Å². The quantitative estimate of drug-likeness (QED) is 0.449. The van der Waals surface area contributed by atoms with Gasteiger partial charge in [0.1, 0.15) is 6.04 Å². The molecule has 4 nitrogen and oxygen atoms in total. The monoisotopic (exact) mass is 488 g/mol. The molecule has 0 aliphatic heterocycles. The minimum Gasteiger partial charge on any atom is -0.357 e. The number of benzene rings is 3. The maximum Gasteiger partial charge on any atom is 0.242 e. The molecule has 1 unspecified atom stereocenters. The van der Waals surface area contributed by atoms with E-state index in [0.29, 0.717) is 27.1 Å². The largest absolute Gasteiger partial charge is 0.357 e. The van der Waals surface area contributed by atoms with E-state index in [1.165, 1.54) is 0 Å². The third-order valence-corrected chi connectivity index (χ3v) is 5.94. The zero-order valence-electron chi connectivity index (χ0n) is 17.5. The molecule has 0 aliphatic carbocycles. The molecule has 32 heavy (non-hydrogen) atoms. The number of carbonyl (C=O) groups excluding carboxylic acids is 2. The predicted molar refractivity (Wildman–Crippen MR) is 130 cm³/mol. The van der Waals surface area contributed by atoms with Gasteiger partial charge in [-0.3, -0.25) is 9.59 Å². The molecule has 0 aliphatic rings. The number of hydrogen-bond acceptors (Lipinski definition) is 2. The molecule has 0 fully saturated rings. The molecule has 3 rings (SSSR count). The average Bonchev–Trinajstić information content (AvgIpc) is 2.77. The molecule has 0 heterocycles. The molecule has 1 atom stereocenters. The molecule has 2 amide bonds. The number of halogens is 3. The summed E-state index contributed by atoms with van der Waals surface area (Å²) in [6.07, 6.45) is 0.473. The summed E-state index contributed by atoms with van der Waals surface area (Å²) < 4.78 is 0. The molecule has 0 aromatic heterocycles. The highest BCUT2D eigenvalue weighted by molar-refractivity contribution is 6.35. The van der Waals surface area contributed by atoms with Crippen molar-refractivity contribution in [3.63, 3.8) is 0 Å². The van der Waals surface area contributed by atoms with Gasteiger partial charge in [-0.05, 0) is 41.0 Å². The Morgan fingerprint density at radius 3 is 2.22 bits per heavy atom. The summed E-state index contributed by atoms with van der Waals surface area (Å²) in [6.45, 7) is 0.167. The van der Waals surface area contributed by atoms with Crippen molar-refractivity contribution in [3.8, 4) is 0 Å². The minimum atomic E-state index is -0.721. The summed E-state index contributed by atoms with van der Waals surface area (Å²) in [4.78, 5) is 28.0. The Hall–Kier alpha value is -2.53. The van der Waals surface area contributed by atoms with Gasteiger partial charge >= 0.3 is 0 Å². The van der Waals surface area contributed by atoms with Gasteiger partial charge in [-0.25, -0.2) is 0 Å². The zero-order chi connectivity index (χ0) is 23.1. The van der Waals surface area contributed by atoms with Crippen LogP contribution in [0.4, 0.5) is 0 Å². The number of nitrogens with one attached hydrogen (secondary N) is 1. The van der Waals surface area contributed by atoms with Crippen LogP contribution in [0.3, 0.4) is 0 Å². The molecule has 0 saturated heterocycles. The van der Waals surface area contributed by atoms with Crippen LogP contribution in [0.5, 0.6) is 0 Å². The Balaban J connectivity index is 1.97. The van der Waals surface area contributed by atoms with E-state index in [1.54, 1.807) is 48.3 Å². The molecule has 3 aromatic carbocycles. The second-order valence-electron chi connectivity index (χ2n) is 7.38. The third kappa shape index (κ3) is 6.49. The van der Waals surface area contributed by atoms with Gasteiger partial charge in [0.05, 0.1) is 6.42 Å². The SMILES string of the molecule is CNC(=O)C(Cc1ccccc1)N(Cc1ccc(Cl)cc1Cl)C(=O)Cc1cccc(Cl)c1. The number of rotatable bonds is 8. The summed E-state index contributed by atoms with van der Waals surface area (Å²) >= 11 is 18.5. The van der Waals surface area contributed by atoms with Gasteiger partial charge in [0.25, 0.3) is 0 Å². The maximum atomic E-state index is 13.5. The van der Waals surface area contributed by atoms with E-state index in [1.807, 2.05) is 36.4 Å². The summed E-state index contributed by atoms with van der Waals surface area (Å²) in [5.74, 6) is -0.457. The molecule has 1 N–H and O–H groups in total. The minimum absolute atomic E-state index is 0.105. The van der Waals surface area contributed by atoms with Crippen molar-refractivity contribution < 1.29 is 9.59 Å². The van der Waals surface area contributed by atoms with E-state index in [4.69, 9.17) is 34.8 Å². The number of carbonyl (C=O) groups is 2. The Kier molecular flexibility index (Phi) is 8.57. The lowest BCUT2D eigenvalue weighted by Crippen LogP contribution is -2.50. The van der Waals surface area contributed by atoms with E-state index in [-0.39, 0.29) is 24.8 Å². The lowest BCUT2D eigenvalue weighted by molar-refractivity contribution is -0.140. The third-order valence-electron chi connectivity index (χ3n) is 5.12. The van der Waals surface area contributed by atoms with Crippen molar-refractivity contribution in [2.45, 2.75) is 25.4 Å². The van der Waals surface area contributed by atoms with Gasteiger partial charge in [-0.1, -0.05) is 83.3 Å². The van der Waals surface area contributed by atoms with Crippen LogP contribution in [0, 0.1) is 0 Å². The Morgan fingerprint density at radius 1 is 0.875 bits per heavy atom. The van der Waals surface area contributed by atoms with Crippen LogP contribution in [0.25, 0.3) is 0 Å². The van der Waals surface area contributed by atoms with Crippen LogP contribution in [0.2, 0.25) is 15.1 Å². The van der Waals surface area contributed by atoms with Crippen LogP contribution in [0.1, 0.15) is 16.7 Å². The molecule has 0 saturated carbocycles. The topological polar surface area (TPSA) is 49.4 Å². The van der Waals surface area contributed by atoms with E-state index >= 15 is 0 Å². The van der Waals surface area contributed by atoms with Gasteiger partial charge in [-0.2, -0.15) is 0 Å². The second-order valence-corrected chi connectivity index (χ2v) is 8.66. The summed E-state index contributed by atoms with van der Waals surface area (Å²) in [5.41, 5.74) is 2.42. The van der Waals surface area contributed by atoms with Gasteiger partial charge in [0, 0.05) is 35.1 Å². The number of hydrogen-bond donors (Lipinski definition) is 1. The predicted octanol–water partition coefficient (Wildman–Crippen LogP) is 5.58. The van der Waals surface area contributed by atoms with Crippen LogP contribution in [-0.4, -0.2) is 29.8 Å². The van der Waals surface area contributed by atoms with Crippen molar-refractivity contribution in [2.75, 3.05) is 7.05 Å². The highest BCUT2D eigenvalue weighted by Gasteiger charge is 2.30. The smallest absolute Gasteiger partial charge is 0.242 e. The lowest BCUT2D eigenvalue weighted by Gasteiger charge is -2.31. The first-order valence-corrected chi connectivity index (χ1v) is 11.2. The molecule has 3 aromatic rings. The molecule has 7 heteroatoms. The first-order chi connectivity index (χ1) is 15.4. The van der Waals surface area contributed by atoms with Crippen molar-refractivity contribution in [1.82, 2.24) is 10.2 Å². The van der Waals surface area contributed by atoms with Crippen molar-refractivity contribution in [2.24, 2.45) is 0 Å². The van der Waals surface area contributed by atoms with Gasteiger partial charge in [0.15, 0.2) is 0 Å². The summed E-state index contributed by atoms with van der Waals surface area (Å²) in [7, 11) is 1.56. The number of amides is 2. The van der Waals surface area contributed by atoms with Crippen molar-refractivity contribution in [1.29, 1.82) is 0 Å². The maximum absolute atomic E-state index is 13.5. The summed E-state index contributed by atoms with van der Waals surface area (Å²) in [5, 5.41) is 4.19. The fraction of sp³-hybridized carbons (Fsp3) is 0.200. The summed E-state index contributed by atoms with van der Waals surface area (Å²) in [6, 6.07) is 21.1. The zero-order valence-corrected chi connectivity index (χ0v) is 19.8. The average molecular weight is 490 g/mol. The van der Waals surface area contributed by atoms with Gasteiger partial charge in [-0.15, -0.1) is 0 Å². The van der Waals surface area contributed by atoms with Crippen LogP contribution in [-0.2, 0) is 29.0 Å².